The highest BCUT2D eigenvalue weighted by atomic mass is 16.2. The predicted molar refractivity (Wildman–Crippen MR) is 154 cm³/mol. The van der Waals surface area contributed by atoms with Crippen molar-refractivity contribution in [2.75, 3.05) is 23.7 Å². The molecule has 3 amide bonds. The van der Waals surface area contributed by atoms with Crippen LogP contribution < -0.4 is 10.6 Å². The highest BCUT2D eigenvalue weighted by molar-refractivity contribution is 5.99. The first-order valence-corrected chi connectivity index (χ1v) is 13.1. The molecule has 3 aromatic carbocycles. The Hall–Kier alpha value is -4.39. The standard InChI is InChI=1S/C31H35N5O2/c1-5-20-35(31(38)32-26-18-16-24(6-2)17-19-26)21-28(37)33-30-29(25-13-8-7-9-14-25)23(4)34-36(30)27-15-11-10-12-22(27)3/h7-19H,5-6,20-21H2,1-4H3,(H,32,38)(H,33,37). The molecule has 0 radical (unpaired) electrons. The van der Waals surface area contributed by atoms with E-state index in [2.05, 4.69) is 17.6 Å². The lowest BCUT2D eigenvalue weighted by atomic mass is 10.1. The number of para-hydroxylation sites is 1. The van der Waals surface area contributed by atoms with E-state index in [1.54, 1.807) is 4.68 Å². The van der Waals surface area contributed by atoms with Crippen molar-refractivity contribution >= 4 is 23.4 Å². The Morgan fingerprint density at radius 2 is 1.55 bits per heavy atom. The van der Waals surface area contributed by atoms with Gasteiger partial charge in [0.05, 0.1) is 11.4 Å². The lowest BCUT2D eigenvalue weighted by Crippen LogP contribution is -2.41. The van der Waals surface area contributed by atoms with E-state index >= 15 is 0 Å². The summed E-state index contributed by atoms with van der Waals surface area (Å²) in [5, 5.41) is 10.8. The maximum Gasteiger partial charge on any atom is 0.322 e. The Labute approximate surface area is 224 Å². The molecule has 0 spiro atoms. The summed E-state index contributed by atoms with van der Waals surface area (Å²) >= 11 is 0. The molecule has 7 nitrogen and oxygen atoms in total. The molecule has 0 aliphatic carbocycles. The number of hydrogen-bond donors (Lipinski definition) is 2. The topological polar surface area (TPSA) is 79.3 Å². The molecule has 4 aromatic rings. The van der Waals surface area contributed by atoms with Crippen LogP contribution in [-0.4, -0.2) is 39.7 Å². The van der Waals surface area contributed by atoms with Crippen LogP contribution in [0.3, 0.4) is 0 Å². The zero-order valence-electron chi connectivity index (χ0n) is 22.5. The normalized spacial score (nSPS) is 10.7. The zero-order valence-corrected chi connectivity index (χ0v) is 22.5. The van der Waals surface area contributed by atoms with Crippen molar-refractivity contribution in [3.8, 4) is 16.8 Å². The van der Waals surface area contributed by atoms with Crippen molar-refractivity contribution in [1.29, 1.82) is 0 Å². The Kier molecular flexibility index (Phi) is 8.58. The lowest BCUT2D eigenvalue weighted by molar-refractivity contribution is -0.116. The molecule has 0 aliphatic rings. The van der Waals surface area contributed by atoms with Gasteiger partial charge in [-0.25, -0.2) is 9.48 Å². The van der Waals surface area contributed by atoms with Crippen LogP contribution in [0.25, 0.3) is 16.8 Å². The van der Waals surface area contributed by atoms with Crippen molar-refractivity contribution in [3.63, 3.8) is 0 Å². The number of rotatable bonds is 9. The number of urea groups is 1. The van der Waals surface area contributed by atoms with Gasteiger partial charge in [-0.15, -0.1) is 0 Å². The SMILES string of the molecule is CCCN(CC(=O)Nc1c(-c2ccccc2)c(C)nn1-c1ccccc1C)C(=O)Nc1ccc(CC)cc1. The monoisotopic (exact) mass is 509 g/mol. The van der Waals surface area contributed by atoms with Gasteiger partial charge in [-0.05, 0) is 61.6 Å². The summed E-state index contributed by atoms with van der Waals surface area (Å²) in [6.07, 6.45) is 1.66. The molecule has 1 aromatic heterocycles. The van der Waals surface area contributed by atoms with Gasteiger partial charge in [0.2, 0.25) is 5.91 Å². The van der Waals surface area contributed by atoms with Gasteiger partial charge in [-0.3, -0.25) is 4.79 Å². The Balaban J connectivity index is 1.61. The second-order valence-electron chi connectivity index (χ2n) is 9.32. The third-order valence-electron chi connectivity index (χ3n) is 6.45. The smallest absolute Gasteiger partial charge is 0.315 e. The van der Waals surface area contributed by atoms with Crippen LogP contribution in [0.5, 0.6) is 0 Å². The molecule has 0 bridgehead atoms. The second kappa shape index (κ2) is 12.2. The van der Waals surface area contributed by atoms with Crippen LogP contribution in [-0.2, 0) is 11.2 Å². The maximum atomic E-state index is 13.4. The number of hydrogen-bond acceptors (Lipinski definition) is 3. The molecule has 1 heterocycles. The van der Waals surface area contributed by atoms with E-state index in [-0.39, 0.29) is 18.5 Å². The van der Waals surface area contributed by atoms with Gasteiger partial charge in [0.1, 0.15) is 12.4 Å². The second-order valence-corrected chi connectivity index (χ2v) is 9.32. The van der Waals surface area contributed by atoms with Crippen LogP contribution in [0.2, 0.25) is 0 Å². The molecule has 0 saturated carbocycles. The fraction of sp³-hybridized carbons (Fsp3) is 0.258. The quantitative estimate of drug-likeness (QED) is 0.267. The van der Waals surface area contributed by atoms with E-state index in [1.807, 2.05) is 99.6 Å². The van der Waals surface area contributed by atoms with Gasteiger partial charge in [0.15, 0.2) is 0 Å². The predicted octanol–water partition coefficient (Wildman–Crippen LogP) is 6.60. The van der Waals surface area contributed by atoms with Gasteiger partial charge >= 0.3 is 6.03 Å². The summed E-state index contributed by atoms with van der Waals surface area (Å²) in [7, 11) is 0. The Morgan fingerprint density at radius 1 is 0.868 bits per heavy atom. The highest BCUT2D eigenvalue weighted by Gasteiger charge is 2.23. The fourth-order valence-corrected chi connectivity index (χ4v) is 4.46. The Morgan fingerprint density at radius 3 is 2.21 bits per heavy atom. The number of aryl methyl sites for hydroxylation is 3. The summed E-state index contributed by atoms with van der Waals surface area (Å²) in [5.41, 5.74) is 6.42. The largest absolute Gasteiger partial charge is 0.322 e. The van der Waals surface area contributed by atoms with Gasteiger partial charge in [0, 0.05) is 17.8 Å². The third-order valence-corrected chi connectivity index (χ3v) is 6.45. The minimum atomic E-state index is -0.307. The van der Waals surface area contributed by atoms with Crippen molar-refractivity contribution < 1.29 is 9.59 Å². The molecule has 2 N–H and O–H groups in total. The molecular formula is C31H35N5O2. The van der Waals surface area contributed by atoms with Crippen molar-refractivity contribution in [3.05, 3.63) is 95.7 Å². The van der Waals surface area contributed by atoms with Crippen LogP contribution >= 0.6 is 0 Å². The number of benzene rings is 3. The zero-order chi connectivity index (χ0) is 27.1. The molecule has 4 rings (SSSR count). The molecule has 0 fully saturated rings. The first kappa shape index (κ1) is 26.7. The average molecular weight is 510 g/mol. The molecule has 7 heteroatoms. The van der Waals surface area contributed by atoms with E-state index in [4.69, 9.17) is 5.10 Å². The number of nitrogens with zero attached hydrogens (tertiary/aromatic N) is 3. The summed E-state index contributed by atoms with van der Waals surface area (Å²) in [4.78, 5) is 28.0. The summed E-state index contributed by atoms with van der Waals surface area (Å²) in [6.45, 7) is 8.39. The van der Waals surface area contributed by atoms with Crippen molar-refractivity contribution in [2.45, 2.75) is 40.5 Å². The van der Waals surface area contributed by atoms with Crippen molar-refractivity contribution in [1.82, 2.24) is 14.7 Å². The molecule has 0 unspecified atom stereocenters. The minimum absolute atomic E-state index is 0.0844. The van der Waals surface area contributed by atoms with Gasteiger partial charge in [0.25, 0.3) is 0 Å². The first-order chi connectivity index (χ1) is 18.4. The first-order valence-electron chi connectivity index (χ1n) is 13.1. The molecule has 0 aliphatic heterocycles. The number of carbonyl (C=O) groups excluding carboxylic acids is 2. The van der Waals surface area contributed by atoms with E-state index in [1.165, 1.54) is 10.5 Å². The third kappa shape index (κ3) is 6.11. The minimum Gasteiger partial charge on any atom is -0.315 e. The molecule has 0 atom stereocenters. The number of amides is 3. The molecule has 196 valence electrons. The lowest BCUT2D eigenvalue weighted by Gasteiger charge is -2.22. The summed E-state index contributed by atoms with van der Waals surface area (Å²) < 4.78 is 1.78. The van der Waals surface area contributed by atoms with Crippen LogP contribution in [0.15, 0.2) is 78.9 Å². The van der Waals surface area contributed by atoms with Crippen molar-refractivity contribution in [2.24, 2.45) is 0 Å². The van der Waals surface area contributed by atoms with E-state index in [9.17, 15) is 9.59 Å². The van der Waals surface area contributed by atoms with Gasteiger partial charge in [-0.2, -0.15) is 5.10 Å². The summed E-state index contributed by atoms with van der Waals surface area (Å²) in [5.74, 6) is 0.293. The van der Waals surface area contributed by atoms with Gasteiger partial charge in [-0.1, -0.05) is 74.5 Å². The molecule has 38 heavy (non-hydrogen) atoms. The highest BCUT2D eigenvalue weighted by Crippen LogP contribution is 2.34. The number of anilines is 2. The fourth-order valence-electron chi connectivity index (χ4n) is 4.46. The van der Waals surface area contributed by atoms with Crippen LogP contribution in [0.4, 0.5) is 16.3 Å². The van der Waals surface area contributed by atoms with Gasteiger partial charge < -0.3 is 15.5 Å². The number of nitrogens with one attached hydrogen (secondary N) is 2. The van der Waals surface area contributed by atoms with Crippen LogP contribution in [0, 0.1) is 13.8 Å². The van der Waals surface area contributed by atoms with E-state index < -0.39 is 0 Å². The Bertz CT molecular complexity index is 1390. The summed E-state index contributed by atoms with van der Waals surface area (Å²) in [6, 6.07) is 25.3. The number of aromatic nitrogens is 2. The molecule has 0 saturated heterocycles. The van der Waals surface area contributed by atoms with E-state index in [0.717, 1.165) is 40.9 Å². The maximum absolute atomic E-state index is 13.4. The average Bonchev–Trinajstić information content (AvgIpc) is 3.24. The van der Waals surface area contributed by atoms with Crippen LogP contribution in [0.1, 0.15) is 37.1 Å². The van der Waals surface area contributed by atoms with E-state index in [0.29, 0.717) is 18.1 Å². The molecular weight excluding hydrogens is 474 g/mol. The number of carbonyl (C=O) groups is 2.